The summed E-state index contributed by atoms with van der Waals surface area (Å²) in [7, 11) is -3.21. The van der Waals surface area contributed by atoms with Crippen LogP contribution in [0.15, 0.2) is 77.8 Å². The van der Waals surface area contributed by atoms with E-state index in [9.17, 15) is 13.2 Å². The van der Waals surface area contributed by atoms with E-state index in [2.05, 4.69) is 4.99 Å². The van der Waals surface area contributed by atoms with Crippen molar-refractivity contribution in [1.29, 1.82) is 0 Å². The molecule has 6 nitrogen and oxygen atoms in total. The Labute approximate surface area is 207 Å². The van der Waals surface area contributed by atoms with Crippen LogP contribution in [0.1, 0.15) is 15.9 Å². The van der Waals surface area contributed by atoms with E-state index in [1.54, 1.807) is 47.4 Å². The predicted molar refractivity (Wildman–Crippen MR) is 137 cm³/mol. The zero-order valence-electron chi connectivity index (χ0n) is 18.2. The summed E-state index contributed by atoms with van der Waals surface area (Å²) in [6, 6.07) is 21.2. The Morgan fingerprint density at radius 3 is 2.62 bits per heavy atom. The summed E-state index contributed by atoms with van der Waals surface area (Å²) in [4.78, 5) is 19.1. The molecule has 3 aromatic rings. The summed E-state index contributed by atoms with van der Waals surface area (Å²) < 4.78 is 31.1. The van der Waals surface area contributed by atoms with Crippen LogP contribution >= 0.6 is 23.4 Å². The zero-order valence-corrected chi connectivity index (χ0v) is 20.6. The maximum Gasteiger partial charge on any atom is 0.279 e. The van der Waals surface area contributed by atoms with Crippen LogP contribution in [0.4, 0.5) is 5.69 Å². The summed E-state index contributed by atoms with van der Waals surface area (Å²) in [5, 5.41) is 0.669. The monoisotopic (exact) mass is 512 g/mol. The topological polar surface area (TPSA) is 76.0 Å². The fourth-order valence-corrected chi connectivity index (χ4v) is 8.22. The molecule has 0 aliphatic carbocycles. The summed E-state index contributed by atoms with van der Waals surface area (Å²) in [5.41, 5.74) is 2.08. The molecule has 5 rings (SSSR count). The first-order valence-electron chi connectivity index (χ1n) is 10.7. The fourth-order valence-electron chi connectivity index (χ4n) is 4.15. The van der Waals surface area contributed by atoms with Gasteiger partial charge in [-0.2, -0.15) is 4.99 Å². The minimum atomic E-state index is -3.21. The SMILES string of the molecule is Cc1cccc(Oc2ccc(Cl)cc2N2C(=NC(=O)c3ccccc3)SC3CS(=O)(=O)CC32)c1. The number of nitrogens with zero attached hydrogens (tertiary/aromatic N) is 2. The first kappa shape index (κ1) is 23.0. The number of sulfone groups is 1. The molecule has 2 fully saturated rings. The van der Waals surface area contributed by atoms with E-state index >= 15 is 0 Å². The highest BCUT2D eigenvalue weighted by Gasteiger charge is 2.50. The van der Waals surface area contributed by atoms with E-state index in [0.717, 1.165) is 5.56 Å². The minimum absolute atomic E-state index is 0.0282. The smallest absolute Gasteiger partial charge is 0.279 e. The van der Waals surface area contributed by atoms with Gasteiger partial charge >= 0.3 is 0 Å². The number of thioether (sulfide) groups is 1. The van der Waals surface area contributed by atoms with Crippen LogP contribution in [-0.4, -0.2) is 42.3 Å². The number of hydrogen-bond acceptors (Lipinski definition) is 5. The average molecular weight is 513 g/mol. The van der Waals surface area contributed by atoms with Gasteiger partial charge in [0.2, 0.25) is 0 Å². The molecule has 2 aliphatic rings. The number of anilines is 1. The average Bonchev–Trinajstić information content (AvgIpc) is 3.26. The second-order valence-electron chi connectivity index (χ2n) is 8.27. The van der Waals surface area contributed by atoms with Crippen molar-refractivity contribution in [2.45, 2.75) is 18.2 Å². The molecular formula is C25H21ClN2O4S2. The van der Waals surface area contributed by atoms with Crippen molar-refractivity contribution < 1.29 is 17.9 Å². The maximum atomic E-state index is 12.9. The van der Waals surface area contributed by atoms with Gasteiger partial charge in [-0.1, -0.05) is 53.7 Å². The van der Waals surface area contributed by atoms with Crippen LogP contribution in [0.3, 0.4) is 0 Å². The molecule has 0 saturated carbocycles. The van der Waals surface area contributed by atoms with E-state index in [-0.39, 0.29) is 28.7 Å². The van der Waals surface area contributed by atoms with Crippen molar-refractivity contribution in [2.24, 2.45) is 4.99 Å². The second-order valence-corrected chi connectivity index (χ2v) is 12.1. The number of aryl methyl sites for hydroxylation is 1. The van der Waals surface area contributed by atoms with Gasteiger partial charge in [-0.3, -0.25) is 4.79 Å². The molecule has 0 bridgehead atoms. The number of benzene rings is 3. The van der Waals surface area contributed by atoms with Crippen molar-refractivity contribution in [3.05, 3.63) is 88.9 Å². The first-order chi connectivity index (χ1) is 16.3. The number of ether oxygens (including phenoxy) is 1. The van der Waals surface area contributed by atoms with E-state index in [0.29, 0.717) is 32.9 Å². The number of rotatable bonds is 4. The third-order valence-electron chi connectivity index (χ3n) is 5.68. The van der Waals surface area contributed by atoms with E-state index in [4.69, 9.17) is 16.3 Å². The molecule has 2 aliphatic heterocycles. The molecule has 2 atom stereocenters. The van der Waals surface area contributed by atoms with E-state index < -0.39 is 9.84 Å². The normalized spacial score (nSPS) is 22.1. The summed E-state index contributed by atoms with van der Waals surface area (Å²) in [6.07, 6.45) is 0. The Hall–Kier alpha value is -2.81. The molecule has 0 aromatic heterocycles. The Morgan fingerprint density at radius 1 is 1.06 bits per heavy atom. The van der Waals surface area contributed by atoms with Gasteiger partial charge in [-0.15, -0.1) is 0 Å². The minimum Gasteiger partial charge on any atom is -0.455 e. The molecule has 1 amide bonds. The predicted octanol–water partition coefficient (Wildman–Crippen LogP) is 5.36. The van der Waals surface area contributed by atoms with Crippen LogP contribution < -0.4 is 9.64 Å². The van der Waals surface area contributed by atoms with Crippen molar-refractivity contribution in [1.82, 2.24) is 0 Å². The highest BCUT2D eigenvalue weighted by atomic mass is 35.5. The van der Waals surface area contributed by atoms with Crippen LogP contribution in [-0.2, 0) is 9.84 Å². The van der Waals surface area contributed by atoms with Crippen molar-refractivity contribution in [3.8, 4) is 11.5 Å². The lowest BCUT2D eigenvalue weighted by atomic mass is 10.2. The zero-order chi connectivity index (χ0) is 23.9. The first-order valence-corrected chi connectivity index (χ1v) is 13.8. The highest BCUT2D eigenvalue weighted by Crippen LogP contribution is 2.45. The summed E-state index contributed by atoms with van der Waals surface area (Å²) in [6.45, 7) is 1.97. The number of carbonyl (C=O) groups excluding carboxylic acids is 1. The third kappa shape index (κ3) is 4.71. The summed E-state index contributed by atoms with van der Waals surface area (Å²) >= 11 is 7.67. The lowest BCUT2D eigenvalue weighted by Crippen LogP contribution is -2.38. The molecular weight excluding hydrogens is 492 g/mol. The van der Waals surface area contributed by atoms with E-state index in [1.165, 1.54) is 11.8 Å². The molecule has 2 heterocycles. The molecule has 9 heteroatoms. The van der Waals surface area contributed by atoms with Gasteiger partial charge in [0.15, 0.2) is 20.8 Å². The Bertz CT molecular complexity index is 1390. The summed E-state index contributed by atoms with van der Waals surface area (Å²) in [5.74, 6) is 0.760. The Balaban J connectivity index is 1.59. The quantitative estimate of drug-likeness (QED) is 0.468. The van der Waals surface area contributed by atoms with Crippen molar-refractivity contribution >= 4 is 50.0 Å². The Morgan fingerprint density at radius 2 is 1.85 bits per heavy atom. The van der Waals surface area contributed by atoms with Crippen LogP contribution in [0.2, 0.25) is 5.02 Å². The number of hydrogen-bond donors (Lipinski definition) is 0. The Kier molecular flexibility index (Phi) is 6.14. The van der Waals surface area contributed by atoms with Gasteiger partial charge in [0.05, 0.1) is 23.2 Å². The van der Waals surface area contributed by atoms with Crippen LogP contribution in [0.25, 0.3) is 0 Å². The van der Waals surface area contributed by atoms with Crippen molar-refractivity contribution in [2.75, 3.05) is 16.4 Å². The second kappa shape index (κ2) is 9.09. The number of aliphatic imine (C=N–C) groups is 1. The number of amidine groups is 1. The highest BCUT2D eigenvalue weighted by molar-refractivity contribution is 8.16. The number of fused-ring (bicyclic) bond motifs is 1. The molecule has 0 N–H and O–H groups in total. The maximum absolute atomic E-state index is 12.9. The number of halogens is 1. The molecule has 34 heavy (non-hydrogen) atoms. The van der Waals surface area contributed by atoms with Gasteiger partial charge in [0, 0.05) is 15.8 Å². The molecule has 2 saturated heterocycles. The fraction of sp³-hybridized carbons (Fsp3) is 0.200. The van der Waals surface area contributed by atoms with Gasteiger partial charge in [0.25, 0.3) is 5.91 Å². The number of carbonyl (C=O) groups is 1. The van der Waals surface area contributed by atoms with Crippen LogP contribution in [0, 0.1) is 6.92 Å². The lowest BCUT2D eigenvalue weighted by Gasteiger charge is -2.27. The number of amides is 1. The molecule has 3 aromatic carbocycles. The molecule has 0 radical (unpaired) electrons. The molecule has 0 spiro atoms. The van der Waals surface area contributed by atoms with Gasteiger partial charge in [-0.25, -0.2) is 8.42 Å². The molecule has 2 unspecified atom stereocenters. The van der Waals surface area contributed by atoms with E-state index in [1.807, 2.05) is 37.3 Å². The standard InChI is InChI=1S/C25H21ClN2O4S2/c1-16-6-5-9-19(12-16)32-22-11-10-18(26)13-20(22)28-21-14-34(30,31)15-23(21)33-25(28)27-24(29)17-7-3-2-4-8-17/h2-13,21,23H,14-15H2,1H3. The third-order valence-corrected chi connectivity index (χ3v) is 9.13. The van der Waals surface area contributed by atoms with Gasteiger partial charge in [0.1, 0.15) is 5.75 Å². The van der Waals surface area contributed by atoms with Gasteiger partial charge in [-0.05, 0) is 55.0 Å². The van der Waals surface area contributed by atoms with Gasteiger partial charge < -0.3 is 9.64 Å². The van der Waals surface area contributed by atoms with Crippen molar-refractivity contribution in [3.63, 3.8) is 0 Å². The van der Waals surface area contributed by atoms with Crippen LogP contribution in [0.5, 0.6) is 11.5 Å². The molecule has 174 valence electrons. The lowest BCUT2D eigenvalue weighted by molar-refractivity contribution is 0.100. The largest absolute Gasteiger partial charge is 0.455 e.